The van der Waals surface area contributed by atoms with E-state index < -0.39 is 5.97 Å². The minimum atomic E-state index is -1.01. The molecule has 0 unspecified atom stereocenters. The molecule has 0 saturated carbocycles. The number of amides is 2. The molecule has 1 aromatic carbocycles. The SMILES string of the molecule is CC1=CCN(C(=O)Nc2cccc(C(=O)O)c2)CC1. The predicted molar refractivity (Wildman–Crippen MR) is 72.4 cm³/mol. The molecule has 2 amide bonds. The van der Waals surface area contributed by atoms with Gasteiger partial charge in [0, 0.05) is 18.8 Å². The van der Waals surface area contributed by atoms with Crippen LogP contribution in [0, 0.1) is 0 Å². The summed E-state index contributed by atoms with van der Waals surface area (Å²) in [4.78, 5) is 24.5. The fraction of sp³-hybridized carbons (Fsp3) is 0.286. The number of carbonyl (C=O) groups excluding carboxylic acids is 1. The van der Waals surface area contributed by atoms with Crippen LogP contribution in [0.15, 0.2) is 35.9 Å². The molecule has 2 N–H and O–H groups in total. The van der Waals surface area contributed by atoms with Crippen LogP contribution < -0.4 is 5.32 Å². The summed E-state index contributed by atoms with van der Waals surface area (Å²) in [6, 6.07) is 6.02. The first-order chi connectivity index (χ1) is 9.06. The zero-order valence-corrected chi connectivity index (χ0v) is 10.7. The van der Waals surface area contributed by atoms with Crippen LogP contribution in [0.2, 0.25) is 0 Å². The van der Waals surface area contributed by atoms with Crippen LogP contribution in [-0.2, 0) is 0 Å². The van der Waals surface area contributed by atoms with Gasteiger partial charge in [0.1, 0.15) is 0 Å². The highest BCUT2D eigenvalue weighted by Gasteiger charge is 2.16. The molecule has 0 atom stereocenters. The van der Waals surface area contributed by atoms with Gasteiger partial charge in [-0.1, -0.05) is 17.7 Å². The smallest absolute Gasteiger partial charge is 0.335 e. The van der Waals surface area contributed by atoms with Crippen molar-refractivity contribution in [2.45, 2.75) is 13.3 Å². The van der Waals surface area contributed by atoms with Gasteiger partial charge in [0.15, 0.2) is 0 Å². The van der Waals surface area contributed by atoms with Gasteiger partial charge in [-0.2, -0.15) is 0 Å². The number of hydrogen-bond donors (Lipinski definition) is 2. The monoisotopic (exact) mass is 260 g/mol. The molecule has 0 spiro atoms. The fourth-order valence-corrected chi connectivity index (χ4v) is 1.89. The molecular weight excluding hydrogens is 244 g/mol. The molecule has 0 saturated heterocycles. The van der Waals surface area contributed by atoms with Crippen LogP contribution in [0.4, 0.5) is 10.5 Å². The first-order valence-electron chi connectivity index (χ1n) is 6.11. The van der Waals surface area contributed by atoms with Gasteiger partial charge in [-0.15, -0.1) is 0 Å². The number of anilines is 1. The average Bonchev–Trinajstić information content (AvgIpc) is 2.39. The van der Waals surface area contributed by atoms with Crippen molar-refractivity contribution in [1.82, 2.24) is 4.90 Å². The van der Waals surface area contributed by atoms with Crippen LogP contribution in [0.1, 0.15) is 23.7 Å². The lowest BCUT2D eigenvalue weighted by molar-refractivity contribution is 0.0697. The molecule has 0 radical (unpaired) electrons. The first kappa shape index (κ1) is 13.1. The first-order valence-corrected chi connectivity index (χ1v) is 6.11. The molecule has 0 aliphatic carbocycles. The van der Waals surface area contributed by atoms with Gasteiger partial charge in [-0.3, -0.25) is 0 Å². The van der Waals surface area contributed by atoms with Gasteiger partial charge in [0.2, 0.25) is 0 Å². The number of nitrogens with zero attached hydrogens (tertiary/aromatic N) is 1. The number of carboxylic acids is 1. The highest BCUT2D eigenvalue weighted by Crippen LogP contribution is 2.14. The third-order valence-corrected chi connectivity index (χ3v) is 3.08. The summed E-state index contributed by atoms with van der Waals surface area (Å²) < 4.78 is 0. The normalized spacial score (nSPS) is 14.8. The van der Waals surface area contributed by atoms with E-state index in [1.165, 1.54) is 17.7 Å². The van der Waals surface area contributed by atoms with Gasteiger partial charge in [0.05, 0.1) is 5.56 Å². The van der Waals surface area contributed by atoms with E-state index in [2.05, 4.69) is 5.32 Å². The van der Waals surface area contributed by atoms with Crippen molar-refractivity contribution in [3.63, 3.8) is 0 Å². The Labute approximate surface area is 111 Å². The number of carbonyl (C=O) groups is 2. The highest BCUT2D eigenvalue weighted by atomic mass is 16.4. The van der Waals surface area contributed by atoms with E-state index in [1.54, 1.807) is 17.0 Å². The number of urea groups is 1. The maximum absolute atomic E-state index is 12.0. The Morgan fingerprint density at radius 2 is 2.16 bits per heavy atom. The van der Waals surface area contributed by atoms with Gasteiger partial charge in [0.25, 0.3) is 0 Å². The Morgan fingerprint density at radius 3 is 2.79 bits per heavy atom. The molecule has 0 bridgehead atoms. The highest BCUT2D eigenvalue weighted by molar-refractivity contribution is 5.93. The van der Waals surface area contributed by atoms with E-state index in [-0.39, 0.29) is 11.6 Å². The number of nitrogens with one attached hydrogen (secondary N) is 1. The summed E-state index contributed by atoms with van der Waals surface area (Å²) in [5.41, 5.74) is 1.94. The minimum absolute atomic E-state index is 0.159. The van der Waals surface area contributed by atoms with E-state index in [9.17, 15) is 9.59 Å². The van der Waals surface area contributed by atoms with Crippen LogP contribution in [0.5, 0.6) is 0 Å². The van der Waals surface area contributed by atoms with Crippen LogP contribution in [-0.4, -0.2) is 35.1 Å². The van der Waals surface area contributed by atoms with Crippen molar-refractivity contribution in [2.75, 3.05) is 18.4 Å². The van der Waals surface area contributed by atoms with Crippen molar-refractivity contribution in [3.8, 4) is 0 Å². The minimum Gasteiger partial charge on any atom is -0.478 e. The molecule has 1 aromatic rings. The number of rotatable bonds is 2. The van der Waals surface area contributed by atoms with Crippen molar-refractivity contribution in [3.05, 3.63) is 41.5 Å². The van der Waals surface area contributed by atoms with Crippen LogP contribution >= 0.6 is 0 Å². The molecule has 100 valence electrons. The second-order valence-electron chi connectivity index (χ2n) is 4.56. The Bertz CT molecular complexity index is 537. The maximum Gasteiger partial charge on any atom is 0.335 e. The number of carboxylic acid groups (broad SMARTS) is 1. The summed E-state index contributed by atoms with van der Waals surface area (Å²) in [6.45, 7) is 3.33. The molecule has 0 aromatic heterocycles. The van der Waals surface area contributed by atoms with Gasteiger partial charge >= 0.3 is 12.0 Å². The second kappa shape index (κ2) is 5.56. The fourth-order valence-electron chi connectivity index (χ4n) is 1.89. The number of benzene rings is 1. The van der Waals surface area contributed by atoms with Crippen molar-refractivity contribution in [2.24, 2.45) is 0 Å². The van der Waals surface area contributed by atoms with Crippen molar-refractivity contribution in [1.29, 1.82) is 0 Å². The van der Waals surface area contributed by atoms with Gasteiger partial charge < -0.3 is 15.3 Å². The summed E-state index contributed by atoms with van der Waals surface area (Å²) in [5, 5.41) is 11.6. The largest absolute Gasteiger partial charge is 0.478 e. The number of aromatic carboxylic acids is 1. The molecule has 1 aliphatic heterocycles. The topological polar surface area (TPSA) is 69.6 Å². The van der Waals surface area contributed by atoms with E-state index >= 15 is 0 Å². The molecule has 1 heterocycles. The Balaban J connectivity index is 2.03. The second-order valence-corrected chi connectivity index (χ2v) is 4.56. The summed E-state index contributed by atoms with van der Waals surface area (Å²) in [6.07, 6.45) is 2.90. The number of hydrogen-bond acceptors (Lipinski definition) is 2. The van der Waals surface area contributed by atoms with E-state index in [4.69, 9.17) is 5.11 Å². The molecule has 5 nitrogen and oxygen atoms in total. The Hall–Kier alpha value is -2.30. The summed E-state index contributed by atoms with van der Waals surface area (Å²) >= 11 is 0. The lowest BCUT2D eigenvalue weighted by atomic mass is 10.1. The Kier molecular flexibility index (Phi) is 3.85. The molecule has 1 aliphatic rings. The predicted octanol–water partition coefficient (Wildman–Crippen LogP) is 2.57. The zero-order valence-electron chi connectivity index (χ0n) is 10.7. The molecule has 2 rings (SSSR count). The summed E-state index contributed by atoms with van der Waals surface area (Å²) in [5.74, 6) is -1.01. The van der Waals surface area contributed by atoms with Gasteiger partial charge in [-0.25, -0.2) is 9.59 Å². The molecular formula is C14H16N2O3. The van der Waals surface area contributed by atoms with Crippen molar-refractivity contribution < 1.29 is 14.7 Å². The third kappa shape index (κ3) is 3.34. The summed E-state index contributed by atoms with van der Waals surface area (Å²) in [7, 11) is 0. The molecule has 0 fully saturated rings. The maximum atomic E-state index is 12.0. The lowest BCUT2D eigenvalue weighted by Crippen LogP contribution is -2.37. The zero-order chi connectivity index (χ0) is 13.8. The van der Waals surface area contributed by atoms with E-state index in [0.717, 1.165) is 6.42 Å². The quantitative estimate of drug-likeness (QED) is 0.803. The van der Waals surface area contributed by atoms with Crippen LogP contribution in [0.25, 0.3) is 0 Å². The molecule has 5 heteroatoms. The standard InChI is InChI=1S/C14H16N2O3/c1-10-5-7-16(8-6-10)14(19)15-12-4-2-3-11(9-12)13(17)18/h2-5,9H,6-8H2,1H3,(H,15,19)(H,17,18). The van der Waals surface area contributed by atoms with Crippen molar-refractivity contribution >= 4 is 17.7 Å². The Morgan fingerprint density at radius 1 is 1.37 bits per heavy atom. The molecule has 19 heavy (non-hydrogen) atoms. The van der Waals surface area contributed by atoms with Crippen LogP contribution in [0.3, 0.4) is 0 Å². The van der Waals surface area contributed by atoms with E-state index in [1.807, 2.05) is 13.0 Å². The average molecular weight is 260 g/mol. The van der Waals surface area contributed by atoms with Gasteiger partial charge in [-0.05, 0) is 31.5 Å². The third-order valence-electron chi connectivity index (χ3n) is 3.08. The lowest BCUT2D eigenvalue weighted by Gasteiger charge is -2.25. The van der Waals surface area contributed by atoms with E-state index in [0.29, 0.717) is 18.8 Å².